The van der Waals surface area contributed by atoms with E-state index in [1.165, 1.54) is 6.42 Å². The van der Waals surface area contributed by atoms with E-state index >= 15 is 0 Å². The highest BCUT2D eigenvalue weighted by atomic mass is 16.2. The van der Waals surface area contributed by atoms with E-state index < -0.39 is 0 Å². The molecular formula is C19H35NO. The van der Waals surface area contributed by atoms with Crippen molar-refractivity contribution in [3.8, 4) is 0 Å². The van der Waals surface area contributed by atoms with Crippen molar-refractivity contribution in [1.29, 1.82) is 0 Å². The number of hydrogen-bond donors (Lipinski definition) is 0. The van der Waals surface area contributed by atoms with Gasteiger partial charge in [0.05, 0.1) is 0 Å². The number of hydrogen-bond acceptors (Lipinski definition) is 1. The van der Waals surface area contributed by atoms with Gasteiger partial charge in [-0.15, -0.1) is 0 Å². The SMILES string of the molecule is CC(C)(C)C1CCC2N(C1)C(=O)C(C)(C)C(C)(C)C2(C)C. The maximum Gasteiger partial charge on any atom is 0.229 e. The number of piperidine rings is 2. The lowest BCUT2D eigenvalue weighted by Crippen LogP contribution is -2.69. The van der Waals surface area contributed by atoms with Crippen LogP contribution < -0.4 is 0 Å². The lowest BCUT2D eigenvalue weighted by molar-refractivity contribution is -0.191. The zero-order chi connectivity index (χ0) is 16.4. The van der Waals surface area contributed by atoms with Crippen LogP contribution in [-0.4, -0.2) is 23.4 Å². The van der Waals surface area contributed by atoms with Gasteiger partial charge in [0, 0.05) is 18.0 Å². The highest BCUT2D eigenvalue weighted by molar-refractivity contribution is 5.84. The molecule has 2 heteroatoms. The van der Waals surface area contributed by atoms with Gasteiger partial charge >= 0.3 is 0 Å². The van der Waals surface area contributed by atoms with Gasteiger partial charge in [0.2, 0.25) is 5.91 Å². The maximum absolute atomic E-state index is 13.2. The van der Waals surface area contributed by atoms with Gasteiger partial charge in [-0.25, -0.2) is 0 Å². The van der Waals surface area contributed by atoms with Crippen LogP contribution in [0, 0.1) is 27.6 Å². The molecule has 0 saturated carbocycles. The molecule has 0 aromatic heterocycles. The summed E-state index contributed by atoms with van der Waals surface area (Å²) in [5.41, 5.74) is 0.138. The summed E-state index contributed by atoms with van der Waals surface area (Å²) in [4.78, 5) is 15.4. The first-order chi connectivity index (χ1) is 9.24. The lowest BCUT2D eigenvalue weighted by atomic mass is 9.48. The summed E-state index contributed by atoms with van der Waals surface area (Å²) in [7, 11) is 0. The van der Waals surface area contributed by atoms with Crippen molar-refractivity contribution in [3.63, 3.8) is 0 Å². The van der Waals surface area contributed by atoms with Crippen LogP contribution in [0.15, 0.2) is 0 Å². The second kappa shape index (κ2) is 4.49. The van der Waals surface area contributed by atoms with E-state index in [0.717, 1.165) is 13.0 Å². The van der Waals surface area contributed by atoms with Crippen LogP contribution >= 0.6 is 0 Å². The third-order valence-corrected chi connectivity index (χ3v) is 7.61. The number of carbonyl (C=O) groups excluding carboxylic acids is 1. The van der Waals surface area contributed by atoms with Gasteiger partial charge in [-0.3, -0.25) is 4.79 Å². The van der Waals surface area contributed by atoms with Crippen molar-refractivity contribution >= 4 is 5.91 Å². The van der Waals surface area contributed by atoms with Crippen LogP contribution in [0.25, 0.3) is 0 Å². The third-order valence-electron chi connectivity index (χ3n) is 7.61. The normalized spacial score (nSPS) is 34.5. The third kappa shape index (κ3) is 2.16. The fourth-order valence-corrected chi connectivity index (χ4v) is 4.50. The summed E-state index contributed by atoms with van der Waals surface area (Å²) >= 11 is 0. The van der Waals surface area contributed by atoms with E-state index in [-0.39, 0.29) is 21.7 Å². The molecule has 2 unspecified atom stereocenters. The highest BCUT2D eigenvalue weighted by Crippen LogP contribution is 2.60. The van der Waals surface area contributed by atoms with E-state index in [9.17, 15) is 4.79 Å². The number of amides is 1. The summed E-state index contributed by atoms with van der Waals surface area (Å²) in [6, 6.07) is 0.395. The molecule has 0 aromatic rings. The Hall–Kier alpha value is -0.530. The van der Waals surface area contributed by atoms with Crippen LogP contribution in [0.1, 0.15) is 75.2 Å². The molecule has 2 rings (SSSR count). The second-order valence-electron chi connectivity index (χ2n) is 10.1. The Morgan fingerprint density at radius 2 is 1.52 bits per heavy atom. The molecule has 2 fully saturated rings. The predicted molar refractivity (Wildman–Crippen MR) is 89.0 cm³/mol. The van der Waals surface area contributed by atoms with Crippen LogP contribution in [0.3, 0.4) is 0 Å². The summed E-state index contributed by atoms with van der Waals surface area (Å²) in [5.74, 6) is 0.983. The van der Waals surface area contributed by atoms with Crippen molar-refractivity contribution in [2.75, 3.05) is 6.54 Å². The predicted octanol–water partition coefficient (Wildman–Crippen LogP) is 4.73. The van der Waals surface area contributed by atoms with Gasteiger partial charge in [-0.1, -0.05) is 62.3 Å². The molecule has 2 nitrogen and oxygen atoms in total. The second-order valence-corrected chi connectivity index (χ2v) is 10.1. The number of nitrogens with zero attached hydrogens (tertiary/aromatic N) is 1. The molecule has 2 aliphatic rings. The number of carbonyl (C=O) groups is 1. The van der Waals surface area contributed by atoms with Crippen LogP contribution in [0.2, 0.25) is 0 Å². The summed E-state index contributed by atoms with van der Waals surface area (Å²) < 4.78 is 0. The molecule has 21 heavy (non-hydrogen) atoms. The molecule has 2 aliphatic heterocycles. The van der Waals surface area contributed by atoms with Gasteiger partial charge < -0.3 is 4.90 Å². The average molecular weight is 293 g/mol. The van der Waals surface area contributed by atoms with Crippen LogP contribution in [0.5, 0.6) is 0 Å². The maximum atomic E-state index is 13.2. The fourth-order valence-electron chi connectivity index (χ4n) is 4.50. The first-order valence-electron chi connectivity index (χ1n) is 8.55. The van der Waals surface area contributed by atoms with Crippen molar-refractivity contribution in [2.24, 2.45) is 27.6 Å². The van der Waals surface area contributed by atoms with Gasteiger partial charge in [-0.2, -0.15) is 0 Å². The Morgan fingerprint density at radius 3 is 2.00 bits per heavy atom. The van der Waals surface area contributed by atoms with Gasteiger partial charge in [0.1, 0.15) is 0 Å². The standard InChI is InChI=1S/C19H35NO/c1-16(2,3)13-10-11-14-17(4,5)19(8,9)18(6,7)15(21)20(14)12-13/h13-14H,10-12H2,1-9H3. The quantitative estimate of drug-likeness (QED) is 0.632. The zero-order valence-corrected chi connectivity index (χ0v) is 15.6. The Balaban J connectivity index is 2.41. The Labute approximate surface area is 131 Å². The molecule has 0 aliphatic carbocycles. The largest absolute Gasteiger partial charge is 0.338 e. The number of rotatable bonds is 0. The van der Waals surface area contributed by atoms with Crippen LogP contribution in [0.4, 0.5) is 0 Å². The van der Waals surface area contributed by atoms with Gasteiger partial charge in [-0.05, 0) is 35.0 Å². The molecule has 2 heterocycles. The van der Waals surface area contributed by atoms with Gasteiger partial charge in [0.15, 0.2) is 0 Å². The first-order valence-corrected chi connectivity index (χ1v) is 8.55. The average Bonchev–Trinajstić information content (AvgIpc) is 2.34. The molecule has 122 valence electrons. The topological polar surface area (TPSA) is 20.3 Å². The lowest BCUT2D eigenvalue weighted by Gasteiger charge is -2.64. The molecule has 0 bridgehead atoms. The molecular weight excluding hydrogens is 258 g/mol. The molecule has 0 N–H and O–H groups in total. The van der Waals surface area contributed by atoms with E-state index in [4.69, 9.17) is 0 Å². The Kier molecular flexibility index (Phi) is 3.60. The zero-order valence-electron chi connectivity index (χ0n) is 15.6. The summed E-state index contributed by atoms with van der Waals surface area (Å²) in [5, 5.41) is 0. The summed E-state index contributed by atoms with van der Waals surface area (Å²) in [6.45, 7) is 21.5. The van der Waals surface area contributed by atoms with E-state index in [1.54, 1.807) is 0 Å². The minimum atomic E-state index is -0.299. The van der Waals surface area contributed by atoms with Crippen molar-refractivity contribution < 1.29 is 4.79 Å². The van der Waals surface area contributed by atoms with Crippen molar-refractivity contribution in [3.05, 3.63) is 0 Å². The van der Waals surface area contributed by atoms with Gasteiger partial charge in [0.25, 0.3) is 0 Å². The molecule has 2 saturated heterocycles. The minimum absolute atomic E-state index is 0.00677. The number of fused-ring (bicyclic) bond motifs is 1. The van der Waals surface area contributed by atoms with E-state index in [1.807, 2.05) is 0 Å². The fraction of sp³-hybridized carbons (Fsp3) is 0.947. The molecule has 0 spiro atoms. The molecule has 2 atom stereocenters. The summed E-state index contributed by atoms with van der Waals surface area (Å²) in [6.07, 6.45) is 2.40. The van der Waals surface area contributed by atoms with Crippen molar-refractivity contribution in [2.45, 2.75) is 81.2 Å². The molecule has 1 amide bonds. The van der Waals surface area contributed by atoms with E-state index in [0.29, 0.717) is 17.9 Å². The molecule has 0 aromatic carbocycles. The van der Waals surface area contributed by atoms with Crippen molar-refractivity contribution in [1.82, 2.24) is 4.90 Å². The monoisotopic (exact) mass is 293 g/mol. The first kappa shape index (κ1) is 16.8. The smallest absolute Gasteiger partial charge is 0.229 e. The Bertz CT molecular complexity index is 439. The Morgan fingerprint density at radius 1 is 1.00 bits per heavy atom. The van der Waals surface area contributed by atoms with E-state index in [2.05, 4.69) is 67.2 Å². The molecule has 0 radical (unpaired) electrons. The minimum Gasteiger partial charge on any atom is -0.338 e. The highest BCUT2D eigenvalue weighted by Gasteiger charge is 2.62. The van der Waals surface area contributed by atoms with Crippen LogP contribution in [-0.2, 0) is 4.79 Å².